The van der Waals surface area contributed by atoms with Crippen molar-refractivity contribution >= 4 is 17.6 Å². The second-order valence-corrected chi connectivity index (χ2v) is 6.57. The van der Waals surface area contributed by atoms with Crippen LogP contribution in [0.5, 0.6) is 5.75 Å². The second-order valence-electron chi connectivity index (χ2n) is 6.16. The molecule has 1 N–H and O–H groups in total. The van der Waals surface area contributed by atoms with Crippen LogP contribution < -0.4 is 10.1 Å². The molecule has 0 aliphatic carbocycles. The lowest BCUT2D eigenvalue weighted by molar-refractivity contribution is 0.181. The molecule has 24 heavy (non-hydrogen) atoms. The molecule has 5 nitrogen and oxygen atoms in total. The van der Waals surface area contributed by atoms with E-state index in [-0.39, 0.29) is 6.10 Å². The Hall–Kier alpha value is -1.46. The smallest absolute Gasteiger partial charge is 0.193 e. The summed E-state index contributed by atoms with van der Waals surface area (Å²) in [6, 6.07) is 7.51. The van der Waals surface area contributed by atoms with Gasteiger partial charge in [0.2, 0.25) is 0 Å². The van der Waals surface area contributed by atoms with Gasteiger partial charge >= 0.3 is 0 Å². The van der Waals surface area contributed by atoms with Crippen LogP contribution in [0.1, 0.15) is 20.3 Å². The fourth-order valence-electron chi connectivity index (χ4n) is 2.68. The number of para-hydroxylation sites is 1. The number of benzene rings is 1. The highest BCUT2D eigenvalue weighted by Gasteiger charge is 2.19. The molecule has 0 saturated carbocycles. The number of ether oxygens (including phenoxy) is 2. The molecule has 1 heterocycles. The molecule has 1 aromatic carbocycles. The highest BCUT2D eigenvalue weighted by Crippen LogP contribution is 2.24. The number of nitrogens with one attached hydrogen (secondary N) is 1. The Morgan fingerprint density at radius 3 is 2.96 bits per heavy atom. The predicted molar refractivity (Wildman–Crippen MR) is 99.1 cm³/mol. The minimum absolute atomic E-state index is 0.0539. The van der Waals surface area contributed by atoms with Gasteiger partial charge in [-0.15, -0.1) is 0 Å². The first-order valence-corrected chi connectivity index (χ1v) is 8.96. The minimum Gasteiger partial charge on any atom is -0.487 e. The molecule has 0 radical (unpaired) electrons. The van der Waals surface area contributed by atoms with E-state index < -0.39 is 0 Å². The zero-order valence-corrected chi connectivity index (χ0v) is 15.6. The molecule has 6 heteroatoms. The topological polar surface area (TPSA) is 46.1 Å². The second kappa shape index (κ2) is 9.74. The Morgan fingerprint density at radius 1 is 1.50 bits per heavy atom. The summed E-state index contributed by atoms with van der Waals surface area (Å²) in [6.07, 6.45) is 1.07. The molecule has 1 saturated heterocycles. The van der Waals surface area contributed by atoms with Crippen molar-refractivity contribution in [3.63, 3.8) is 0 Å². The molecule has 134 valence electrons. The van der Waals surface area contributed by atoms with E-state index in [1.54, 1.807) is 0 Å². The Kier molecular flexibility index (Phi) is 7.66. The highest BCUT2D eigenvalue weighted by atomic mass is 35.5. The summed E-state index contributed by atoms with van der Waals surface area (Å²) in [7, 11) is 2.07. The fourth-order valence-corrected chi connectivity index (χ4v) is 2.86. The van der Waals surface area contributed by atoms with Gasteiger partial charge in [-0.25, -0.2) is 4.99 Å². The van der Waals surface area contributed by atoms with Crippen molar-refractivity contribution in [2.24, 2.45) is 10.9 Å². The summed E-state index contributed by atoms with van der Waals surface area (Å²) in [5, 5.41) is 3.96. The Labute approximate surface area is 150 Å². The third-order valence-electron chi connectivity index (χ3n) is 3.92. The van der Waals surface area contributed by atoms with Crippen molar-refractivity contribution in [2.45, 2.75) is 26.4 Å². The van der Waals surface area contributed by atoms with Gasteiger partial charge in [0, 0.05) is 32.7 Å². The van der Waals surface area contributed by atoms with Crippen LogP contribution in [0.25, 0.3) is 0 Å². The maximum absolute atomic E-state index is 6.13. The number of halogens is 1. The summed E-state index contributed by atoms with van der Waals surface area (Å²) < 4.78 is 11.3. The van der Waals surface area contributed by atoms with Crippen molar-refractivity contribution in [2.75, 3.05) is 39.9 Å². The average molecular weight is 354 g/mol. The molecular formula is C18H28ClN3O2. The zero-order chi connectivity index (χ0) is 17.4. The maximum Gasteiger partial charge on any atom is 0.193 e. The van der Waals surface area contributed by atoms with E-state index in [0.717, 1.165) is 38.7 Å². The van der Waals surface area contributed by atoms with Crippen LogP contribution in [0.2, 0.25) is 5.02 Å². The van der Waals surface area contributed by atoms with Gasteiger partial charge in [-0.3, -0.25) is 0 Å². The number of aliphatic imine (C=N–C) groups is 1. The largest absolute Gasteiger partial charge is 0.487 e. The molecule has 0 bridgehead atoms. The molecule has 1 aliphatic rings. The fraction of sp³-hybridized carbons (Fsp3) is 0.611. The van der Waals surface area contributed by atoms with Crippen LogP contribution in [0.3, 0.4) is 0 Å². The lowest BCUT2D eigenvalue weighted by atomic mass is 10.1. The van der Waals surface area contributed by atoms with Crippen molar-refractivity contribution in [3.8, 4) is 5.75 Å². The molecule has 0 spiro atoms. The molecule has 2 atom stereocenters. The zero-order valence-electron chi connectivity index (χ0n) is 14.8. The summed E-state index contributed by atoms with van der Waals surface area (Å²) in [5.41, 5.74) is 0. The molecule has 1 aliphatic heterocycles. The van der Waals surface area contributed by atoms with E-state index in [1.807, 2.05) is 31.2 Å². The third kappa shape index (κ3) is 5.87. The number of hydrogen-bond acceptors (Lipinski definition) is 3. The Balaban J connectivity index is 1.90. The van der Waals surface area contributed by atoms with Crippen LogP contribution in [0, 0.1) is 5.92 Å². The van der Waals surface area contributed by atoms with Crippen LogP contribution in [-0.4, -0.2) is 56.9 Å². The van der Waals surface area contributed by atoms with Crippen LogP contribution in [-0.2, 0) is 4.74 Å². The van der Waals surface area contributed by atoms with E-state index in [9.17, 15) is 0 Å². The summed E-state index contributed by atoms with van der Waals surface area (Å²) in [6.45, 7) is 8.15. The van der Waals surface area contributed by atoms with Crippen molar-refractivity contribution in [1.29, 1.82) is 0 Å². The molecule has 0 amide bonds. The third-order valence-corrected chi connectivity index (χ3v) is 4.23. The normalized spacial score (nSPS) is 19.2. The van der Waals surface area contributed by atoms with Crippen molar-refractivity contribution in [1.82, 2.24) is 10.2 Å². The first-order chi connectivity index (χ1) is 11.6. The standard InChI is InChI=1S/C18H28ClN3O2/c1-4-20-18(22(3)12-15-9-10-23-13-15)21-11-14(2)24-17-8-6-5-7-16(17)19/h5-8,14-15H,4,9-13H2,1-3H3,(H,20,21). The number of rotatable bonds is 7. The van der Waals surface area contributed by atoms with Crippen molar-refractivity contribution < 1.29 is 9.47 Å². The Morgan fingerprint density at radius 2 is 2.29 bits per heavy atom. The van der Waals surface area contributed by atoms with Gasteiger partial charge in [0.25, 0.3) is 0 Å². The van der Waals surface area contributed by atoms with Gasteiger partial charge in [-0.1, -0.05) is 23.7 Å². The molecule has 2 rings (SSSR count). The van der Waals surface area contributed by atoms with Crippen LogP contribution in [0.15, 0.2) is 29.3 Å². The first kappa shape index (κ1) is 18.9. The van der Waals surface area contributed by atoms with E-state index in [2.05, 4.69) is 24.2 Å². The molecule has 0 aromatic heterocycles. The van der Waals surface area contributed by atoms with Gasteiger partial charge in [0.15, 0.2) is 5.96 Å². The summed E-state index contributed by atoms with van der Waals surface area (Å²) in [4.78, 5) is 6.88. The molecule has 1 aromatic rings. The number of nitrogens with zero attached hydrogens (tertiary/aromatic N) is 2. The summed E-state index contributed by atoms with van der Waals surface area (Å²) >= 11 is 6.13. The average Bonchev–Trinajstić information content (AvgIpc) is 3.06. The summed E-state index contributed by atoms with van der Waals surface area (Å²) in [5.74, 6) is 2.18. The molecule has 1 fully saturated rings. The van der Waals surface area contributed by atoms with Gasteiger partial charge in [0.05, 0.1) is 18.2 Å². The SMILES string of the molecule is CCNC(=NCC(C)Oc1ccccc1Cl)N(C)CC1CCOC1. The maximum atomic E-state index is 6.13. The highest BCUT2D eigenvalue weighted by molar-refractivity contribution is 6.32. The lowest BCUT2D eigenvalue weighted by Gasteiger charge is -2.25. The Bertz CT molecular complexity index is 533. The molecule has 2 unspecified atom stereocenters. The number of hydrogen-bond donors (Lipinski definition) is 1. The monoisotopic (exact) mass is 353 g/mol. The number of guanidine groups is 1. The van der Waals surface area contributed by atoms with Gasteiger partial charge in [0.1, 0.15) is 11.9 Å². The minimum atomic E-state index is -0.0539. The van der Waals surface area contributed by atoms with E-state index in [1.165, 1.54) is 0 Å². The van der Waals surface area contributed by atoms with Crippen molar-refractivity contribution in [3.05, 3.63) is 29.3 Å². The van der Waals surface area contributed by atoms with Gasteiger partial charge in [-0.2, -0.15) is 0 Å². The van der Waals surface area contributed by atoms with E-state index in [4.69, 9.17) is 26.1 Å². The molecular weight excluding hydrogens is 326 g/mol. The van der Waals surface area contributed by atoms with E-state index >= 15 is 0 Å². The quantitative estimate of drug-likeness (QED) is 0.604. The van der Waals surface area contributed by atoms with Crippen LogP contribution >= 0.6 is 11.6 Å². The van der Waals surface area contributed by atoms with Gasteiger partial charge in [-0.05, 0) is 32.4 Å². The van der Waals surface area contributed by atoms with Crippen LogP contribution in [0.4, 0.5) is 0 Å². The lowest BCUT2D eigenvalue weighted by Crippen LogP contribution is -2.42. The first-order valence-electron chi connectivity index (χ1n) is 8.58. The van der Waals surface area contributed by atoms with E-state index in [0.29, 0.717) is 23.2 Å². The predicted octanol–water partition coefficient (Wildman–Crippen LogP) is 3.04. The van der Waals surface area contributed by atoms with Gasteiger partial charge < -0.3 is 19.7 Å².